The number of aromatic nitrogens is 2. The van der Waals surface area contributed by atoms with E-state index in [0.29, 0.717) is 5.56 Å². The predicted octanol–water partition coefficient (Wildman–Crippen LogP) is 3.21. The second kappa shape index (κ2) is 7.29. The van der Waals surface area contributed by atoms with Gasteiger partial charge in [0.05, 0.1) is 17.0 Å². The molecule has 0 radical (unpaired) electrons. The first kappa shape index (κ1) is 16.8. The Hall–Kier alpha value is -2.67. The number of carbonyl (C=O) groups is 1. The van der Waals surface area contributed by atoms with Crippen molar-refractivity contribution in [3.8, 4) is 10.6 Å². The van der Waals surface area contributed by atoms with Gasteiger partial charge in [-0.15, -0.1) is 11.3 Å². The van der Waals surface area contributed by atoms with Crippen LogP contribution in [0.4, 0.5) is 10.2 Å². The third kappa shape index (κ3) is 3.77. The number of hydrogen-bond acceptors (Lipinski definition) is 4. The summed E-state index contributed by atoms with van der Waals surface area (Å²) in [6, 6.07) is 12.4. The molecule has 1 atom stereocenters. The van der Waals surface area contributed by atoms with Crippen molar-refractivity contribution in [2.24, 2.45) is 0 Å². The van der Waals surface area contributed by atoms with Crippen LogP contribution in [0.25, 0.3) is 10.6 Å². The third-order valence-electron chi connectivity index (χ3n) is 4.48. The first-order chi connectivity index (χ1) is 12.7. The Bertz CT molecular complexity index is 893. The van der Waals surface area contributed by atoms with Gasteiger partial charge in [-0.25, -0.2) is 4.39 Å². The number of aromatic amines is 1. The lowest BCUT2D eigenvalue weighted by atomic mass is 10.1. The van der Waals surface area contributed by atoms with E-state index in [-0.39, 0.29) is 24.2 Å². The van der Waals surface area contributed by atoms with Crippen molar-refractivity contribution >= 4 is 23.1 Å². The number of nitrogens with zero attached hydrogens (tertiary/aromatic N) is 2. The molecule has 5 nitrogen and oxygen atoms in total. The highest BCUT2D eigenvalue weighted by Gasteiger charge is 2.25. The minimum atomic E-state index is -0.317. The normalized spacial score (nSPS) is 16.8. The monoisotopic (exact) mass is 370 g/mol. The van der Waals surface area contributed by atoms with Crippen molar-refractivity contribution in [3.63, 3.8) is 0 Å². The molecule has 2 aromatic heterocycles. The molecule has 3 heterocycles. The van der Waals surface area contributed by atoms with Gasteiger partial charge in [0.25, 0.3) is 0 Å². The number of halogens is 1. The van der Waals surface area contributed by atoms with E-state index < -0.39 is 0 Å². The zero-order valence-electron chi connectivity index (χ0n) is 14.1. The quantitative estimate of drug-likeness (QED) is 0.725. The first-order valence-corrected chi connectivity index (χ1v) is 9.43. The molecule has 7 heteroatoms. The molecule has 0 bridgehead atoms. The van der Waals surface area contributed by atoms with Crippen molar-refractivity contribution in [2.75, 3.05) is 18.0 Å². The van der Waals surface area contributed by atoms with Gasteiger partial charge in [-0.2, -0.15) is 5.10 Å². The van der Waals surface area contributed by atoms with E-state index in [1.165, 1.54) is 12.1 Å². The summed E-state index contributed by atoms with van der Waals surface area (Å²) in [5.41, 5.74) is 1.69. The minimum Gasteiger partial charge on any atom is -0.353 e. The molecule has 26 heavy (non-hydrogen) atoms. The Morgan fingerprint density at radius 2 is 2.27 bits per heavy atom. The summed E-state index contributed by atoms with van der Waals surface area (Å²) in [6.07, 6.45) is 1.06. The van der Waals surface area contributed by atoms with Gasteiger partial charge >= 0.3 is 0 Å². The number of benzene rings is 1. The number of H-pyrrole nitrogens is 1. The van der Waals surface area contributed by atoms with Gasteiger partial charge in [0.2, 0.25) is 5.91 Å². The molecule has 1 fully saturated rings. The molecule has 4 rings (SSSR count). The Morgan fingerprint density at radius 1 is 1.35 bits per heavy atom. The van der Waals surface area contributed by atoms with Gasteiger partial charge in [0.1, 0.15) is 5.82 Å². The number of amides is 1. The van der Waals surface area contributed by atoms with Crippen LogP contribution in [0.2, 0.25) is 0 Å². The fourth-order valence-electron chi connectivity index (χ4n) is 3.23. The van der Waals surface area contributed by atoms with Crippen LogP contribution >= 0.6 is 11.3 Å². The molecule has 3 aromatic rings. The molecule has 0 unspecified atom stereocenters. The molecule has 2 N–H and O–H groups in total. The summed E-state index contributed by atoms with van der Waals surface area (Å²) in [5.74, 6) is 0.501. The lowest BCUT2D eigenvalue weighted by Gasteiger charge is -2.16. The molecule has 134 valence electrons. The summed E-state index contributed by atoms with van der Waals surface area (Å²) in [7, 11) is 0. The van der Waals surface area contributed by atoms with E-state index in [0.717, 1.165) is 35.9 Å². The van der Waals surface area contributed by atoms with Crippen molar-refractivity contribution < 1.29 is 9.18 Å². The minimum absolute atomic E-state index is 0.0799. The zero-order chi connectivity index (χ0) is 17.9. The number of thiophene rings is 1. The van der Waals surface area contributed by atoms with E-state index in [2.05, 4.69) is 26.5 Å². The second-order valence-electron chi connectivity index (χ2n) is 6.42. The first-order valence-electron chi connectivity index (χ1n) is 8.55. The van der Waals surface area contributed by atoms with E-state index in [4.69, 9.17) is 0 Å². The van der Waals surface area contributed by atoms with Crippen molar-refractivity contribution in [3.05, 3.63) is 59.2 Å². The van der Waals surface area contributed by atoms with Gasteiger partial charge in [0.15, 0.2) is 5.82 Å². The van der Waals surface area contributed by atoms with Gasteiger partial charge in [-0.1, -0.05) is 18.2 Å². The number of nitrogens with one attached hydrogen (secondary N) is 2. The van der Waals surface area contributed by atoms with Gasteiger partial charge < -0.3 is 10.2 Å². The summed E-state index contributed by atoms with van der Waals surface area (Å²) in [5, 5.41) is 12.6. The van der Waals surface area contributed by atoms with E-state index >= 15 is 0 Å². The number of rotatable bonds is 5. The molecule has 1 aliphatic rings. The maximum Gasteiger partial charge on any atom is 0.224 e. The average Bonchev–Trinajstić information content (AvgIpc) is 3.35. The zero-order valence-corrected chi connectivity index (χ0v) is 14.9. The highest BCUT2D eigenvalue weighted by molar-refractivity contribution is 7.13. The maximum atomic E-state index is 13.2. The molecular weight excluding hydrogens is 351 g/mol. The third-order valence-corrected chi connectivity index (χ3v) is 5.39. The SMILES string of the molecule is O=C(Cc1cccc(F)c1)N[C@H]1CCN(c2cc(-c3cccs3)[nH]n2)C1. The fourth-order valence-corrected chi connectivity index (χ4v) is 3.92. The topological polar surface area (TPSA) is 61.0 Å². The van der Waals surface area contributed by atoms with Crippen molar-refractivity contribution in [1.29, 1.82) is 0 Å². The summed E-state index contributed by atoms with van der Waals surface area (Å²) in [6.45, 7) is 1.57. The maximum absolute atomic E-state index is 13.2. The van der Waals surface area contributed by atoms with Crippen LogP contribution in [-0.2, 0) is 11.2 Å². The van der Waals surface area contributed by atoms with Crippen LogP contribution in [0.1, 0.15) is 12.0 Å². The Kier molecular flexibility index (Phi) is 4.71. The molecule has 1 aromatic carbocycles. The van der Waals surface area contributed by atoms with Crippen LogP contribution in [-0.4, -0.2) is 35.2 Å². The van der Waals surface area contributed by atoms with Crippen LogP contribution in [0.15, 0.2) is 47.8 Å². The molecule has 0 aliphatic carbocycles. The van der Waals surface area contributed by atoms with Crippen LogP contribution < -0.4 is 10.2 Å². The lowest BCUT2D eigenvalue weighted by Crippen LogP contribution is -2.38. The molecular formula is C19H19FN4OS. The van der Waals surface area contributed by atoms with Crippen LogP contribution in [0.3, 0.4) is 0 Å². The summed E-state index contributed by atoms with van der Waals surface area (Å²) >= 11 is 1.67. The fraction of sp³-hybridized carbons (Fsp3) is 0.263. The largest absolute Gasteiger partial charge is 0.353 e. The molecule has 0 spiro atoms. The Morgan fingerprint density at radius 3 is 3.08 bits per heavy atom. The standard InChI is InChI=1S/C19H19FN4OS/c20-14-4-1-3-13(9-14)10-19(25)21-15-6-7-24(12-15)18-11-16(22-23-18)17-5-2-8-26-17/h1-5,8-9,11,15H,6-7,10,12H2,(H,21,25)(H,22,23)/t15-/m0/s1. The molecule has 1 amide bonds. The van der Waals surface area contributed by atoms with E-state index in [1.54, 1.807) is 23.5 Å². The summed E-state index contributed by atoms with van der Waals surface area (Å²) in [4.78, 5) is 15.5. The van der Waals surface area contributed by atoms with Crippen LogP contribution in [0, 0.1) is 5.82 Å². The average molecular weight is 370 g/mol. The lowest BCUT2D eigenvalue weighted by molar-refractivity contribution is -0.121. The predicted molar refractivity (Wildman–Crippen MR) is 101 cm³/mol. The molecule has 0 saturated carbocycles. The van der Waals surface area contributed by atoms with Crippen molar-refractivity contribution in [2.45, 2.75) is 18.9 Å². The van der Waals surface area contributed by atoms with E-state index in [9.17, 15) is 9.18 Å². The highest BCUT2D eigenvalue weighted by atomic mass is 32.1. The number of carbonyl (C=O) groups excluding carboxylic acids is 1. The van der Waals surface area contributed by atoms with Gasteiger partial charge in [-0.05, 0) is 35.6 Å². The number of anilines is 1. The number of hydrogen-bond donors (Lipinski definition) is 2. The van der Waals surface area contributed by atoms with Crippen molar-refractivity contribution in [1.82, 2.24) is 15.5 Å². The highest BCUT2D eigenvalue weighted by Crippen LogP contribution is 2.27. The smallest absolute Gasteiger partial charge is 0.224 e. The second-order valence-corrected chi connectivity index (χ2v) is 7.37. The Labute approximate surface area is 154 Å². The molecule has 1 aliphatic heterocycles. The summed E-state index contributed by atoms with van der Waals surface area (Å²) < 4.78 is 13.2. The van der Waals surface area contributed by atoms with E-state index in [1.807, 2.05) is 17.5 Å². The molecule has 1 saturated heterocycles. The van der Waals surface area contributed by atoms with Crippen LogP contribution in [0.5, 0.6) is 0 Å². The van der Waals surface area contributed by atoms with Gasteiger partial charge in [0, 0.05) is 25.2 Å². The van der Waals surface area contributed by atoms with Gasteiger partial charge in [-0.3, -0.25) is 9.89 Å². The Balaban J connectivity index is 1.33.